The molecule has 0 amide bonds. The molecule has 0 bridgehead atoms. The summed E-state index contributed by atoms with van der Waals surface area (Å²) in [5, 5.41) is 0.669. The Morgan fingerprint density at radius 1 is 1.36 bits per heavy atom. The fourth-order valence-corrected chi connectivity index (χ4v) is 1.58. The number of nitrogens with zero attached hydrogens (tertiary/aromatic N) is 2. The highest BCUT2D eigenvalue weighted by Crippen LogP contribution is 2.13. The molecule has 0 aliphatic rings. The summed E-state index contributed by atoms with van der Waals surface area (Å²) in [5.41, 5.74) is 0.778. The van der Waals surface area contributed by atoms with E-state index in [-0.39, 0.29) is 6.54 Å². The van der Waals surface area contributed by atoms with Crippen LogP contribution in [-0.2, 0) is 0 Å². The van der Waals surface area contributed by atoms with Crippen LogP contribution in [0.5, 0.6) is 0 Å². The smallest absolute Gasteiger partial charge is 0.255 e. The molecule has 0 saturated heterocycles. The lowest BCUT2D eigenvalue weighted by molar-refractivity contribution is 0.155. The van der Waals surface area contributed by atoms with E-state index in [0.717, 1.165) is 5.69 Å². The molecule has 2 nitrogen and oxygen atoms in total. The Labute approximate surface area is 90.1 Å². The van der Waals surface area contributed by atoms with Crippen LogP contribution in [0.1, 0.15) is 0 Å². The zero-order chi connectivity index (χ0) is 10.4. The van der Waals surface area contributed by atoms with Gasteiger partial charge < -0.3 is 4.90 Å². The standard InChI is InChI=1S/C9H11BrF2N2/c10-3-6-14(7-9(11)12)8-1-4-13-5-2-8/h1-2,4-5,9H,3,6-7H2. The zero-order valence-corrected chi connectivity index (χ0v) is 9.12. The maximum Gasteiger partial charge on any atom is 0.255 e. The lowest BCUT2D eigenvalue weighted by Gasteiger charge is -2.23. The average Bonchev–Trinajstić information content (AvgIpc) is 2.18. The van der Waals surface area contributed by atoms with E-state index in [9.17, 15) is 8.78 Å². The molecular weight excluding hydrogens is 254 g/mol. The van der Waals surface area contributed by atoms with Gasteiger partial charge in [-0.15, -0.1) is 0 Å². The molecule has 1 heterocycles. The van der Waals surface area contributed by atoms with Gasteiger partial charge in [0.05, 0.1) is 6.54 Å². The predicted octanol–water partition coefficient (Wildman–Crippen LogP) is 2.55. The van der Waals surface area contributed by atoms with Gasteiger partial charge in [-0.2, -0.15) is 0 Å². The number of anilines is 1. The summed E-state index contributed by atoms with van der Waals surface area (Å²) < 4.78 is 24.4. The molecule has 1 aromatic rings. The van der Waals surface area contributed by atoms with Gasteiger partial charge in [0.25, 0.3) is 6.43 Å². The first-order chi connectivity index (χ1) is 6.74. The summed E-state index contributed by atoms with van der Waals surface area (Å²) in [5.74, 6) is 0. The number of alkyl halides is 3. The number of halogens is 3. The third kappa shape index (κ3) is 3.57. The van der Waals surface area contributed by atoms with Crippen molar-refractivity contribution in [2.75, 3.05) is 23.3 Å². The quantitative estimate of drug-likeness (QED) is 0.760. The van der Waals surface area contributed by atoms with Gasteiger partial charge in [0, 0.05) is 30.0 Å². The molecular formula is C9H11BrF2N2. The Bertz CT molecular complexity index is 256. The van der Waals surface area contributed by atoms with E-state index < -0.39 is 6.43 Å². The van der Waals surface area contributed by atoms with E-state index in [2.05, 4.69) is 20.9 Å². The lowest BCUT2D eigenvalue weighted by Crippen LogP contribution is -2.30. The molecule has 0 unspecified atom stereocenters. The molecule has 5 heteroatoms. The van der Waals surface area contributed by atoms with E-state index >= 15 is 0 Å². The fourth-order valence-electron chi connectivity index (χ4n) is 1.15. The van der Waals surface area contributed by atoms with E-state index in [1.165, 1.54) is 0 Å². The monoisotopic (exact) mass is 264 g/mol. The third-order valence-corrected chi connectivity index (χ3v) is 2.10. The molecule has 1 aromatic heterocycles. The number of rotatable bonds is 5. The van der Waals surface area contributed by atoms with Gasteiger partial charge in [-0.3, -0.25) is 4.98 Å². The van der Waals surface area contributed by atoms with Gasteiger partial charge in [-0.05, 0) is 12.1 Å². The van der Waals surface area contributed by atoms with Crippen LogP contribution in [0.3, 0.4) is 0 Å². The van der Waals surface area contributed by atoms with Crippen molar-refractivity contribution in [1.29, 1.82) is 0 Å². The lowest BCUT2D eigenvalue weighted by atomic mass is 10.3. The second-order valence-corrected chi connectivity index (χ2v) is 3.52. The number of aromatic nitrogens is 1. The molecule has 1 rings (SSSR count). The summed E-state index contributed by atoms with van der Waals surface area (Å²) >= 11 is 3.24. The molecule has 0 aliphatic heterocycles. The minimum atomic E-state index is -2.32. The van der Waals surface area contributed by atoms with Crippen LogP contribution in [0.25, 0.3) is 0 Å². The van der Waals surface area contributed by atoms with Crippen LogP contribution in [0.4, 0.5) is 14.5 Å². The van der Waals surface area contributed by atoms with Crippen LogP contribution in [0.2, 0.25) is 0 Å². The van der Waals surface area contributed by atoms with Crippen molar-refractivity contribution in [3.8, 4) is 0 Å². The van der Waals surface area contributed by atoms with Crippen LogP contribution in [0.15, 0.2) is 24.5 Å². The first kappa shape index (κ1) is 11.4. The Kier molecular flexibility index (Phi) is 4.79. The fraction of sp³-hybridized carbons (Fsp3) is 0.444. The third-order valence-electron chi connectivity index (χ3n) is 1.74. The molecule has 0 fully saturated rings. The summed E-state index contributed by atoms with van der Waals surface area (Å²) in [7, 11) is 0. The first-order valence-electron chi connectivity index (χ1n) is 4.23. The second-order valence-electron chi connectivity index (χ2n) is 2.73. The van der Waals surface area contributed by atoms with E-state index in [0.29, 0.717) is 11.9 Å². The van der Waals surface area contributed by atoms with Crippen molar-refractivity contribution in [1.82, 2.24) is 4.98 Å². The molecule has 0 aliphatic carbocycles. The van der Waals surface area contributed by atoms with Crippen molar-refractivity contribution < 1.29 is 8.78 Å². The molecule has 14 heavy (non-hydrogen) atoms. The van der Waals surface area contributed by atoms with Gasteiger partial charge in [0.1, 0.15) is 0 Å². The number of pyridine rings is 1. The summed E-state index contributed by atoms with van der Waals surface area (Å²) in [6.07, 6.45) is 0.881. The maximum atomic E-state index is 12.2. The first-order valence-corrected chi connectivity index (χ1v) is 5.35. The van der Waals surface area contributed by atoms with Crippen LogP contribution in [0, 0.1) is 0 Å². The number of hydrogen-bond acceptors (Lipinski definition) is 2. The summed E-state index contributed by atoms with van der Waals surface area (Å²) in [4.78, 5) is 5.47. The molecule has 0 saturated carbocycles. The van der Waals surface area contributed by atoms with E-state index in [4.69, 9.17) is 0 Å². The largest absolute Gasteiger partial charge is 0.365 e. The highest BCUT2D eigenvalue weighted by Gasteiger charge is 2.11. The van der Waals surface area contributed by atoms with Gasteiger partial charge in [0.15, 0.2) is 0 Å². The van der Waals surface area contributed by atoms with E-state index in [1.807, 2.05) is 0 Å². The molecule has 0 aromatic carbocycles. The van der Waals surface area contributed by atoms with Crippen LogP contribution >= 0.6 is 15.9 Å². The Hall–Kier alpha value is -0.710. The topological polar surface area (TPSA) is 16.1 Å². The normalized spacial score (nSPS) is 10.6. The molecule has 78 valence electrons. The SMILES string of the molecule is FC(F)CN(CCBr)c1ccncc1. The Morgan fingerprint density at radius 2 is 2.00 bits per heavy atom. The molecule has 0 radical (unpaired) electrons. The molecule has 0 N–H and O–H groups in total. The van der Waals surface area contributed by atoms with Crippen molar-refractivity contribution in [3.63, 3.8) is 0 Å². The summed E-state index contributed by atoms with van der Waals surface area (Å²) in [6, 6.07) is 3.45. The van der Waals surface area contributed by atoms with Gasteiger partial charge in [-0.1, -0.05) is 15.9 Å². The Morgan fingerprint density at radius 3 is 2.50 bits per heavy atom. The van der Waals surface area contributed by atoms with Gasteiger partial charge in [-0.25, -0.2) is 8.78 Å². The average molecular weight is 265 g/mol. The molecule has 0 spiro atoms. The number of hydrogen-bond donors (Lipinski definition) is 0. The van der Waals surface area contributed by atoms with Gasteiger partial charge >= 0.3 is 0 Å². The van der Waals surface area contributed by atoms with Crippen molar-refractivity contribution in [3.05, 3.63) is 24.5 Å². The summed E-state index contributed by atoms with van der Waals surface area (Å²) in [6.45, 7) is 0.323. The molecule has 0 atom stereocenters. The van der Waals surface area contributed by atoms with E-state index in [1.54, 1.807) is 29.4 Å². The minimum Gasteiger partial charge on any atom is -0.365 e. The predicted molar refractivity (Wildman–Crippen MR) is 56.2 cm³/mol. The Balaban J connectivity index is 2.67. The van der Waals surface area contributed by atoms with Crippen LogP contribution < -0.4 is 4.90 Å². The van der Waals surface area contributed by atoms with Gasteiger partial charge in [0.2, 0.25) is 0 Å². The van der Waals surface area contributed by atoms with Crippen molar-refractivity contribution in [2.45, 2.75) is 6.43 Å². The second kappa shape index (κ2) is 5.90. The maximum absolute atomic E-state index is 12.2. The highest BCUT2D eigenvalue weighted by atomic mass is 79.9. The van der Waals surface area contributed by atoms with Crippen LogP contribution in [-0.4, -0.2) is 29.8 Å². The zero-order valence-electron chi connectivity index (χ0n) is 7.54. The minimum absolute atomic E-state index is 0.240. The highest BCUT2D eigenvalue weighted by molar-refractivity contribution is 9.09. The van der Waals surface area contributed by atoms with Crippen molar-refractivity contribution >= 4 is 21.6 Å². The van der Waals surface area contributed by atoms with Crippen molar-refractivity contribution in [2.24, 2.45) is 0 Å².